The number of nitrogens with zero attached hydrogens (tertiary/aromatic N) is 2. The Bertz CT molecular complexity index is 1270. The van der Waals surface area contributed by atoms with Crippen LogP contribution in [-0.2, 0) is 22.7 Å². The van der Waals surface area contributed by atoms with Crippen LogP contribution in [0.5, 0.6) is 0 Å². The van der Waals surface area contributed by atoms with Gasteiger partial charge in [0.05, 0.1) is 0 Å². The highest BCUT2D eigenvalue weighted by Gasteiger charge is 2.24. The molecular formula is C27H30N4O2. The number of hydrogen-bond acceptors (Lipinski definition) is 2. The predicted octanol–water partition coefficient (Wildman–Crippen LogP) is 4.09. The molecule has 1 aliphatic carbocycles. The Morgan fingerprint density at radius 3 is 2.06 bits per heavy atom. The molecule has 0 saturated heterocycles. The van der Waals surface area contributed by atoms with Crippen molar-refractivity contribution < 1.29 is 9.59 Å². The summed E-state index contributed by atoms with van der Waals surface area (Å²) >= 11 is 0. The number of carbonyl (C=O) groups is 2. The van der Waals surface area contributed by atoms with E-state index in [4.69, 9.17) is 0 Å². The quantitative estimate of drug-likeness (QED) is 0.453. The molecule has 2 unspecified atom stereocenters. The second-order valence-electron chi connectivity index (χ2n) is 9.11. The van der Waals surface area contributed by atoms with Gasteiger partial charge in [-0.15, -0.1) is 0 Å². The Labute approximate surface area is 193 Å². The maximum atomic E-state index is 12.7. The molecule has 2 atom stereocenters. The number of rotatable bonds is 7. The van der Waals surface area contributed by atoms with Gasteiger partial charge in [0.25, 0.3) is 0 Å². The lowest BCUT2D eigenvalue weighted by Gasteiger charge is -2.30. The van der Waals surface area contributed by atoms with Gasteiger partial charge in [-0.3, -0.25) is 9.59 Å². The largest absolute Gasteiger partial charge is 0.354 e. The van der Waals surface area contributed by atoms with Gasteiger partial charge >= 0.3 is 0 Å². The Hall–Kier alpha value is -3.54. The third-order valence-electron chi connectivity index (χ3n) is 6.72. The van der Waals surface area contributed by atoms with Crippen LogP contribution in [0.3, 0.4) is 0 Å². The molecule has 0 radical (unpaired) electrons. The van der Waals surface area contributed by atoms with Crippen LogP contribution in [0.15, 0.2) is 73.1 Å². The monoisotopic (exact) mass is 442 g/mol. The average molecular weight is 443 g/mol. The van der Waals surface area contributed by atoms with E-state index in [0.29, 0.717) is 25.6 Å². The number of hydrogen-bond donors (Lipinski definition) is 2. The summed E-state index contributed by atoms with van der Waals surface area (Å²) < 4.78 is 3.98. The predicted molar refractivity (Wildman–Crippen MR) is 131 cm³/mol. The van der Waals surface area contributed by atoms with Crippen molar-refractivity contribution in [2.24, 2.45) is 5.92 Å². The van der Waals surface area contributed by atoms with Crippen LogP contribution in [0.25, 0.3) is 21.8 Å². The van der Waals surface area contributed by atoms with Gasteiger partial charge in [0.1, 0.15) is 13.1 Å². The number of carbonyl (C=O) groups excluding carboxylic acids is 2. The smallest absolute Gasteiger partial charge is 0.240 e. The number of amides is 2. The summed E-state index contributed by atoms with van der Waals surface area (Å²) in [6, 6.07) is 20.4. The normalized spacial score (nSPS) is 18.4. The van der Waals surface area contributed by atoms with Crippen molar-refractivity contribution in [2.45, 2.75) is 44.8 Å². The highest BCUT2D eigenvalue weighted by Crippen LogP contribution is 2.24. The van der Waals surface area contributed by atoms with Crippen molar-refractivity contribution in [1.82, 2.24) is 19.8 Å². The van der Waals surface area contributed by atoms with Crippen molar-refractivity contribution in [1.29, 1.82) is 0 Å². The fourth-order valence-corrected chi connectivity index (χ4v) is 5.06. The first-order chi connectivity index (χ1) is 16.2. The number of nitrogens with one attached hydrogen (secondary N) is 2. The summed E-state index contributed by atoms with van der Waals surface area (Å²) in [5.41, 5.74) is 2.15. The second-order valence-corrected chi connectivity index (χ2v) is 9.11. The van der Waals surface area contributed by atoms with Gasteiger partial charge < -0.3 is 19.8 Å². The molecule has 1 fully saturated rings. The third-order valence-corrected chi connectivity index (χ3v) is 6.72. The van der Waals surface area contributed by atoms with Crippen LogP contribution in [0, 0.1) is 5.92 Å². The van der Waals surface area contributed by atoms with Crippen LogP contribution in [-0.4, -0.2) is 33.5 Å². The molecule has 2 N–H and O–H groups in total. The SMILES string of the molecule is O=C(Cn1ccc2ccccc21)NCC1CCCC(NC(=O)Cn2ccc3ccccc32)C1. The van der Waals surface area contributed by atoms with E-state index < -0.39 is 0 Å². The summed E-state index contributed by atoms with van der Waals surface area (Å²) in [7, 11) is 0. The topological polar surface area (TPSA) is 68.1 Å². The minimum absolute atomic E-state index is 0.0296. The summed E-state index contributed by atoms with van der Waals surface area (Å²) in [4.78, 5) is 25.2. The molecule has 6 heteroatoms. The van der Waals surface area contributed by atoms with Crippen molar-refractivity contribution >= 4 is 33.6 Å². The van der Waals surface area contributed by atoms with Gasteiger partial charge in [-0.1, -0.05) is 42.8 Å². The Morgan fingerprint density at radius 1 is 0.788 bits per heavy atom. The van der Waals surface area contributed by atoms with Crippen molar-refractivity contribution in [2.75, 3.05) is 6.54 Å². The fourth-order valence-electron chi connectivity index (χ4n) is 5.06. The van der Waals surface area contributed by atoms with E-state index in [2.05, 4.69) is 22.8 Å². The lowest BCUT2D eigenvalue weighted by Crippen LogP contribution is -2.42. The minimum atomic E-state index is 0.0296. The van der Waals surface area contributed by atoms with Crippen molar-refractivity contribution in [3.63, 3.8) is 0 Å². The molecule has 0 bridgehead atoms. The van der Waals surface area contributed by atoms with E-state index in [-0.39, 0.29) is 17.9 Å². The molecule has 5 rings (SSSR count). The molecule has 4 aromatic rings. The number of benzene rings is 2. The van der Waals surface area contributed by atoms with E-state index in [0.717, 1.165) is 47.5 Å². The van der Waals surface area contributed by atoms with E-state index in [1.165, 1.54) is 0 Å². The first kappa shape index (κ1) is 21.3. The molecule has 1 saturated carbocycles. The van der Waals surface area contributed by atoms with Gasteiger partial charge in [-0.25, -0.2) is 0 Å². The molecule has 0 aliphatic heterocycles. The Morgan fingerprint density at radius 2 is 1.39 bits per heavy atom. The molecular weight excluding hydrogens is 412 g/mol. The van der Waals surface area contributed by atoms with Gasteiger partial charge in [0, 0.05) is 36.0 Å². The molecule has 2 aromatic carbocycles. The van der Waals surface area contributed by atoms with Gasteiger partial charge in [0.2, 0.25) is 11.8 Å². The molecule has 33 heavy (non-hydrogen) atoms. The Kier molecular flexibility index (Phi) is 6.15. The lowest BCUT2D eigenvalue weighted by atomic mass is 9.85. The van der Waals surface area contributed by atoms with Gasteiger partial charge in [0.15, 0.2) is 0 Å². The fraction of sp³-hybridized carbons (Fsp3) is 0.333. The highest BCUT2D eigenvalue weighted by atomic mass is 16.2. The minimum Gasteiger partial charge on any atom is -0.354 e. The van der Waals surface area contributed by atoms with Gasteiger partial charge in [-0.2, -0.15) is 0 Å². The maximum Gasteiger partial charge on any atom is 0.240 e. The Balaban J connectivity index is 1.10. The highest BCUT2D eigenvalue weighted by molar-refractivity contribution is 5.84. The summed E-state index contributed by atoms with van der Waals surface area (Å²) in [5, 5.41) is 8.62. The van der Waals surface area contributed by atoms with Crippen LogP contribution in [0.4, 0.5) is 0 Å². The molecule has 170 valence electrons. The lowest BCUT2D eigenvalue weighted by molar-refractivity contribution is -0.123. The zero-order valence-electron chi connectivity index (χ0n) is 18.7. The number of fused-ring (bicyclic) bond motifs is 2. The van der Waals surface area contributed by atoms with E-state index in [9.17, 15) is 9.59 Å². The molecule has 0 spiro atoms. The molecule has 2 amide bonds. The maximum absolute atomic E-state index is 12.7. The van der Waals surface area contributed by atoms with Crippen molar-refractivity contribution in [3.05, 3.63) is 73.1 Å². The summed E-state index contributed by atoms with van der Waals surface area (Å²) in [6.07, 6.45) is 7.99. The summed E-state index contributed by atoms with van der Waals surface area (Å²) in [6.45, 7) is 1.31. The van der Waals surface area contributed by atoms with Crippen LogP contribution < -0.4 is 10.6 Å². The van der Waals surface area contributed by atoms with Crippen molar-refractivity contribution in [3.8, 4) is 0 Å². The van der Waals surface area contributed by atoms with Crippen LogP contribution in [0.2, 0.25) is 0 Å². The molecule has 1 aliphatic rings. The summed E-state index contributed by atoms with van der Waals surface area (Å²) in [5.74, 6) is 0.467. The second kappa shape index (κ2) is 9.53. The standard InChI is InChI=1S/C27H30N4O2/c32-26(18-30-14-12-21-7-1-3-10-24(21)30)28-17-20-6-5-9-23(16-20)29-27(33)19-31-15-13-22-8-2-4-11-25(22)31/h1-4,7-8,10-15,20,23H,5-6,9,16-19H2,(H,28,32)(H,29,33). The van der Waals surface area contributed by atoms with Crippen LogP contribution in [0.1, 0.15) is 25.7 Å². The molecule has 2 heterocycles. The van der Waals surface area contributed by atoms with E-state index in [1.54, 1.807) is 0 Å². The number of aromatic nitrogens is 2. The van der Waals surface area contributed by atoms with E-state index >= 15 is 0 Å². The average Bonchev–Trinajstić information content (AvgIpc) is 3.42. The zero-order valence-corrected chi connectivity index (χ0v) is 18.7. The first-order valence-electron chi connectivity index (χ1n) is 11.8. The third kappa shape index (κ3) is 4.95. The molecule has 6 nitrogen and oxygen atoms in total. The zero-order chi connectivity index (χ0) is 22.6. The first-order valence-corrected chi connectivity index (χ1v) is 11.8. The van der Waals surface area contributed by atoms with Gasteiger partial charge in [-0.05, 0) is 60.2 Å². The number of para-hydroxylation sites is 2. The van der Waals surface area contributed by atoms with Crippen LogP contribution >= 0.6 is 0 Å². The molecule has 2 aromatic heterocycles. The van der Waals surface area contributed by atoms with E-state index in [1.807, 2.05) is 70.1 Å².